The van der Waals surface area contributed by atoms with Gasteiger partial charge in [0.1, 0.15) is 11.8 Å². The van der Waals surface area contributed by atoms with Crippen LogP contribution in [-0.4, -0.2) is 73.8 Å². The molecule has 2 fully saturated rings. The first-order valence-corrected chi connectivity index (χ1v) is 12.4. The molecule has 5 rings (SSSR count). The molecule has 1 unspecified atom stereocenters. The van der Waals surface area contributed by atoms with Crippen molar-refractivity contribution in [2.75, 3.05) is 19.7 Å². The van der Waals surface area contributed by atoms with E-state index in [-0.39, 0.29) is 47.7 Å². The minimum atomic E-state index is -0.676. The second-order valence-corrected chi connectivity index (χ2v) is 9.96. The molecule has 0 saturated carbocycles. The molecule has 4 heterocycles. The van der Waals surface area contributed by atoms with Crippen LogP contribution in [0, 0.1) is 0 Å². The lowest BCUT2D eigenvalue weighted by atomic mass is 10.0. The van der Waals surface area contributed by atoms with E-state index < -0.39 is 6.04 Å². The van der Waals surface area contributed by atoms with Gasteiger partial charge in [-0.2, -0.15) is 0 Å². The topological polar surface area (TPSA) is 117 Å². The van der Waals surface area contributed by atoms with Crippen LogP contribution in [0.1, 0.15) is 41.6 Å². The smallest absolute Gasteiger partial charge is 0.260 e. The largest absolute Gasteiger partial charge is 0.483 e. The summed E-state index contributed by atoms with van der Waals surface area (Å²) < 4.78 is 5.98. The lowest BCUT2D eigenvalue weighted by Crippen LogP contribution is -2.42. The highest BCUT2D eigenvalue weighted by atomic mass is 32.2. The van der Waals surface area contributed by atoms with Crippen LogP contribution in [-0.2, 0) is 20.9 Å². The number of aliphatic hydroxyl groups excluding tert-OH is 1. The van der Waals surface area contributed by atoms with E-state index in [4.69, 9.17) is 4.74 Å². The molecule has 0 spiro atoms. The van der Waals surface area contributed by atoms with Gasteiger partial charge in [-0.1, -0.05) is 6.07 Å². The maximum Gasteiger partial charge on any atom is 0.260 e. The Morgan fingerprint density at radius 3 is 2.66 bits per heavy atom. The van der Waals surface area contributed by atoms with Gasteiger partial charge in [0.15, 0.2) is 11.7 Å². The van der Waals surface area contributed by atoms with E-state index in [2.05, 4.69) is 4.98 Å². The summed E-state index contributed by atoms with van der Waals surface area (Å²) >= 11 is 0.670. The molecule has 3 aliphatic rings. The predicted molar refractivity (Wildman–Crippen MR) is 127 cm³/mol. The van der Waals surface area contributed by atoms with Gasteiger partial charge < -0.3 is 19.6 Å². The quantitative estimate of drug-likeness (QED) is 0.670. The molecule has 1 aromatic carbocycles. The van der Waals surface area contributed by atoms with Crippen LogP contribution in [0.25, 0.3) is 11.3 Å². The Labute approximate surface area is 206 Å². The number of piperidine rings is 1. The number of hydrogen-bond donors (Lipinski definition) is 1. The van der Waals surface area contributed by atoms with E-state index in [9.17, 15) is 24.3 Å². The summed E-state index contributed by atoms with van der Waals surface area (Å²) in [6.07, 6.45) is 2.88. The third-order valence-electron chi connectivity index (χ3n) is 6.64. The molecule has 2 amide bonds. The molecule has 10 heteroatoms. The number of hydrogen-bond acceptors (Lipinski definition) is 8. The van der Waals surface area contributed by atoms with E-state index in [1.165, 1.54) is 4.90 Å². The number of carbonyl (C=O) groups excluding carboxylic acids is 4. The van der Waals surface area contributed by atoms with Gasteiger partial charge >= 0.3 is 0 Å². The first kappa shape index (κ1) is 23.5. The molecular weight excluding hydrogens is 470 g/mol. The summed E-state index contributed by atoms with van der Waals surface area (Å²) in [4.78, 5) is 57.8. The molecule has 9 nitrogen and oxygen atoms in total. The molecule has 1 N–H and O–H groups in total. The molecule has 2 aromatic rings. The zero-order valence-corrected chi connectivity index (χ0v) is 19.8. The van der Waals surface area contributed by atoms with Gasteiger partial charge in [0.05, 0.1) is 18.3 Å². The van der Waals surface area contributed by atoms with Crippen LogP contribution >= 0.6 is 11.8 Å². The third kappa shape index (κ3) is 4.81. The summed E-state index contributed by atoms with van der Waals surface area (Å²) in [5.74, 6) is -0.0869. The lowest BCUT2D eigenvalue weighted by Gasteiger charge is -2.29. The molecular formula is C25H25N3O6S. The minimum Gasteiger partial charge on any atom is -0.483 e. The fourth-order valence-corrected chi connectivity index (χ4v) is 5.52. The second-order valence-electron chi connectivity index (χ2n) is 8.90. The highest BCUT2D eigenvalue weighted by Crippen LogP contribution is 2.38. The number of carbonyl (C=O) groups is 4. The zero-order chi connectivity index (χ0) is 24.5. The zero-order valence-electron chi connectivity index (χ0n) is 19.0. The predicted octanol–water partition coefficient (Wildman–Crippen LogP) is 2.02. The summed E-state index contributed by atoms with van der Waals surface area (Å²) in [6.45, 7) is 0.917. The Morgan fingerprint density at radius 2 is 1.94 bits per heavy atom. The van der Waals surface area contributed by atoms with Crippen molar-refractivity contribution in [3.05, 3.63) is 47.7 Å². The van der Waals surface area contributed by atoms with Gasteiger partial charge in [0.25, 0.3) is 11.8 Å². The minimum absolute atomic E-state index is 0.168. The summed E-state index contributed by atoms with van der Waals surface area (Å²) in [5.41, 5.74) is 2.35. The summed E-state index contributed by atoms with van der Waals surface area (Å²) in [5, 5.41) is 9.19. The van der Waals surface area contributed by atoms with Gasteiger partial charge in [0.2, 0.25) is 5.12 Å². The SMILES string of the molecule is O=C1CCC(N2Cc3c(OCC(=O)N4CCC(O)CC4)cc(-c4ccccn4)cc3C2=O)C(=O)S1. The standard InChI is InChI=1S/C25H25N3O6S/c29-16-6-9-27(10-7-16)22(30)14-34-21-12-15(19-3-1-2-8-26-19)11-17-18(21)13-28(24(17)32)20-4-5-23(31)35-25(20)33/h1-3,8,11-12,16,20,29H,4-7,9-10,13-14H2. The van der Waals surface area contributed by atoms with Crippen LogP contribution in [0.5, 0.6) is 5.75 Å². The Morgan fingerprint density at radius 1 is 1.14 bits per heavy atom. The van der Waals surface area contributed by atoms with E-state index in [0.717, 1.165) is 0 Å². The average Bonchev–Trinajstić information content (AvgIpc) is 3.19. The van der Waals surface area contributed by atoms with Crippen molar-refractivity contribution in [2.24, 2.45) is 0 Å². The summed E-state index contributed by atoms with van der Waals surface area (Å²) in [7, 11) is 0. The van der Waals surface area contributed by atoms with Gasteiger partial charge in [0, 0.05) is 42.4 Å². The highest BCUT2D eigenvalue weighted by Gasteiger charge is 2.41. The van der Waals surface area contributed by atoms with E-state index >= 15 is 0 Å². The molecule has 0 aliphatic carbocycles. The number of fused-ring (bicyclic) bond motifs is 1. The third-order valence-corrected chi connectivity index (χ3v) is 7.55. The molecule has 0 bridgehead atoms. The normalized spacial score (nSPS) is 20.8. The molecule has 3 aliphatic heterocycles. The fraction of sp³-hybridized carbons (Fsp3) is 0.400. The van der Waals surface area contributed by atoms with Crippen molar-refractivity contribution in [3.63, 3.8) is 0 Å². The van der Waals surface area contributed by atoms with Gasteiger partial charge in [-0.15, -0.1) is 0 Å². The maximum atomic E-state index is 13.4. The molecule has 1 atom stereocenters. The Bertz CT molecular complexity index is 1180. The van der Waals surface area contributed by atoms with Crippen molar-refractivity contribution in [1.29, 1.82) is 0 Å². The number of aliphatic hydroxyl groups is 1. The fourth-order valence-electron chi connectivity index (χ4n) is 4.69. The molecule has 2 saturated heterocycles. The Kier molecular flexibility index (Phi) is 6.57. The van der Waals surface area contributed by atoms with Crippen LogP contribution in [0.2, 0.25) is 0 Å². The monoisotopic (exact) mass is 495 g/mol. The van der Waals surface area contributed by atoms with Crippen molar-refractivity contribution < 1.29 is 29.0 Å². The number of likely N-dealkylation sites (tertiary alicyclic amines) is 1. The Hall–Kier alpha value is -3.24. The van der Waals surface area contributed by atoms with Crippen LogP contribution < -0.4 is 4.74 Å². The van der Waals surface area contributed by atoms with Crippen LogP contribution in [0.4, 0.5) is 0 Å². The van der Waals surface area contributed by atoms with Crippen molar-refractivity contribution in [2.45, 2.75) is 44.4 Å². The number of amides is 2. The van der Waals surface area contributed by atoms with Crippen molar-refractivity contribution in [3.8, 4) is 17.0 Å². The van der Waals surface area contributed by atoms with Gasteiger partial charge in [-0.05, 0) is 55.3 Å². The van der Waals surface area contributed by atoms with Gasteiger partial charge in [-0.3, -0.25) is 24.2 Å². The second kappa shape index (κ2) is 9.79. The highest BCUT2D eigenvalue weighted by molar-refractivity contribution is 8.26. The number of benzene rings is 1. The average molecular weight is 496 g/mol. The van der Waals surface area contributed by atoms with E-state index in [0.29, 0.717) is 72.2 Å². The molecule has 0 radical (unpaired) electrons. The first-order valence-electron chi connectivity index (χ1n) is 11.6. The number of aromatic nitrogens is 1. The van der Waals surface area contributed by atoms with Gasteiger partial charge in [-0.25, -0.2) is 0 Å². The number of nitrogens with zero attached hydrogens (tertiary/aromatic N) is 3. The van der Waals surface area contributed by atoms with E-state index in [1.807, 2.05) is 12.1 Å². The maximum absolute atomic E-state index is 13.4. The molecule has 35 heavy (non-hydrogen) atoms. The number of ether oxygens (including phenoxy) is 1. The lowest BCUT2D eigenvalue weighted by molar-refractivity contribution is -0.135. The first-order chi connectivity index (χ1) is 16.9. The number of thioether (sulfide) groups is 1. The van der Waals surface area contributed by atoms with E-state index in [1.54, 1.807) is 29.3 Å². The molecule has 1 aromatic heterocycles. The number of pyridine rings is 1. The molecule has 182 valence electrons. The number of rotatable bonds is 5. The van der Waals surface area contributed by atoms with Crippen LogP contribution in [0.3, 0.4) is 0 Å². The van der Waals surface area contributed by atoms with Crippen molar-refractivity contribution in [1.82, 2.24) is 14.8 Å². The Balaban J connectivity index is 1.42. The summed E-state index contributed by atoms with van der Waals surface area (Å²) in [6, 6.07) is 8.29. The van der Waals surface area contributed by atoms with Crippen molar-refractivity contribution >= 4 is 33.8 Å². The van der Waals surface area contributed by atoms with Crippen LogP contribution in [0.15, 0.2) is 36.5 Å².